The van der Waals surface area contributed by atoms with Crippen molar-refractivity contribution in [2.75, 3.05) is 6.61 Å². The highest BCUT2D eigenvalue weighted by Crippen LogP contribution is 2.31. The van der Waals surface area contributed by atoms with Crippen LogP contribution in [0.1, 0.15) is 49.0 Å². The summed E-state index contributed by atoms with van der Waals surface area (Å²) in [6, 6.07) is 2.36. The second-order valence-electron chi connectivity index (χ2n) is 5.76. The van der Waals surface area contributed by atoms with Crippen molar-refractivity contribution in [2.45, 2.75) is 51.7 Å². The zero-order chi connectivity index (χ0) is 18.4. The van der Waals surface area contributed by atoms with E-state index in [-0.39, 0.29) is 47.9 Å². The molecule has 6 nitrogen and oxygen atoms in total. The third-order valence-electron chi connectivity index (χ3n) is 4.00. The molecule has 0 radical (unpaired) electrons. The fraction of sp³-hybridized carbons (Fsp3) is 0.474. The summed E-state index contributed by atoms with van der Waals surface area (Å²) in [6.45, 7) is 4.18. The number of fused-ring (bicyclic) bond motifs is 2. The third kappa shape index (κ3) is 5.06. The molecule has 0 bridgehead atoms. The fourth-order valence-electron chi connectivity index (χ4n) is 2.79. The first-order valence-corrected chi connectivity index (χ1v) is 8.61. The summed E-state index contributed by atoms with van der Waals surface area (Å²) in [5.74, 6) is -1.52. The normalized spacial score (nSPS) is 24.6. The molecule has 0 aromatic heterocycles. The number of cyclic esters (lactones) is 1. The summed E-state index contributed by atoms with van der Waals surface area (Å²) < 4.78 is 10.6. The number of carbonyl (C=O) groups excluding carboxylic acids is 2. The molecule has 3 rings (SSSR count). The van der Waals surface area contributed by atoms with Crippen LogP contribution in [0.3, 0.4) is 0 Å². The van der Waals surface area contributed by atoms with Crippen LogP contribution in [0.4, 0.5) is 0 Å². The molecule has 136 valence electrons. The standard InChI is InChI=1S/C17H18O6.C2H6/c18-11-3-1-2-4-14-15(23-14)5-6-22-17(21)16-10(7-11)8-12(19)9-13(16)20;1-2/h1,3,8-9,14-15,19-20H,2,4-7H2;1-2H3/b3-1+;/t14-,15-;/m0./s1. The maximum Gasteiger partial charge on any atom is 0.342 e. The van der Waals surface area contributed by atoms with Crippen LogP contribution in [0.25, 0.3) is 0 Å². The van der Waals surface area contributed by atoms with Crippen LogP contribution < -0.4 is 0 Å². The fourth-order valence-corrected chi connectivity index (χ4v) is 2.79. The van der Waals surface area contributed by atoms with Gasteiger partial charge in [0.15, 0.2) is 5.78 Å². The van der Waals surface area contributed by atoms with Crippen LogP contribution >= 0.6 is 0 Å². The van der Waals surface area contributed by atoms with E-state index in [9.17, 15) is 19.8 Å². The molecule has 0 amide bonds. The van der Waals surface area contributed by atoms with E-state index in [1.54, 1.807) is 6.08 Å². The quantitative estimate of drug-likeness (QED) is 0.553. The first kappa shape index (κ1) is 19.0. The van der Waals surface area contributed by atoms with Gasteiger partial charge in [0.25, 0.3) is 0 Å². The highest BCUT2D eigenvalue weighted by atomic mass is 16.6. The highest BCUT2D eigenvalue weighted by molar-refractivity contribution is 5.98. The number of allylic oxidation sites excluding steroid dienone is 2. The molecule has 0 saturated carbocycles. The van der Waals surface area contributed by atoms with Gasteiger partial charge in [-0.05, 0) is 30.5 Å². The van der Waals surface area contributed by atoms with Crippen molar-refractivity contribution in [3.63, 3.8) is 0 Å². The molecule has 1 aromatic carbocycles. The number of hydrogen-bond donors (Lipinski definition) is 2. The lowest BCUT2D eigenvalue weighted by atomic mass is 10.00. The second-order valence-corrected chi connectivity index (χ2v) is 5.76. The zero-order valence-corrected chi connectivity index (χ0v) is 14.5. The lowest BCUT2D eigenvalue weighted by molar-refractivity contribution is -0.114. The number of phenolic OH excluding ortho intramolecular Hbond substituents is 2. The van der Waals surface area contributed by atoms with Gasteiger partial charge in [0.1, 0.15) is 17.1 Å². The average Bonchev–Trinajstić information content (AvgIpc) is 3.30. The molecule has 2 atom stereocenters. The smallest absolute Gasteiger partial charge is 0.342 e. The number of hydrogen-bond acceptors (Lipinski definition) is 6. The van der Waals surface area contributed by atoms with E-state index in [2.05, 4.69) is 0 Å². The van der Waals surface area contributed by atoms with Crippen LogP contribution in [0.5, 0.6) is 11.5 Å². The minimum absolute atomic E-state index is 0.0742. The lowest BCUT2D eigenvalue weighted by Gasteiger charge is -2.11. The number of esters is 1. The van der Waals surface area contributed by atoms with Crippen molar-refractivity contribution in [1.82, 2.24) is 0 Å². The molecule has 2 heterocycles. The average molecular weight is 348 g/mol. The van der Waals surface area contributed by atoms with Crippen molar-refractivity contribution in [3.05, 3.63) is 35.4 Å². The lowest BCUT2D eigenvalue weighted by Crippen LogP contribution is -2.13. The molecule has 0 aliphatic carbocycles. The minimum atomic E-state index is -0.705. The molecule has 0 unspecified atom stereocenters. The first-order valence-electron chi connectivity index (χ1n) is 8.61. The van der Waals surface area contributed by atoms with E-state index in [1.165, 1.54) is 12.1 Å². The van der Waals surface area contributed by atoms with Gasteiger partial charge in [0.2, 0.25) is 0 Å². The Morgan fingerprint density at radius 2 is 1.80 bits per heavy atom. The van der Waals surface area contributed by atoms with Crippen LogP contribution in [0, 0.1) is 0 Å². The van der Waals surface area contributed by atoms with E-state index < -0.39 is 11.7 Å². The van der Waals surface area contributed by atoms with Crippen LogP contribution in [0.15, 0.2) is 24.3 Å². The van der Waals surface area contributed by atoms with Crippen LogP contribution in [-0.2, 0) is 20.7 Å². The maximum absolute atomic E-state index is 12.2. The van der Waals surface area contributed by atoms with Crippen molar-refractivity contribution >= 4 is 11.8 Å². The predicted octanol–water partition coefficient (Wildman–Crippen LogP) is 2.90. The molecule has 1 saturated heterocycles. The first-order chi connectivity index (χ1) is 12.0. The third-order valence-corrected chi connectivity index (χ3v) is 4.00. The molecule has 2 aliphatic heterocycles. The van der Waals surface area contributed by atoms with Gasteiger partial charge in [-0.2, -0.15) is 0 Å². The summed E-state index contributed by atoms with van der Waals surface area (Å²) >= 11 is 0. The Morgan fingerprint density at radius 1 is 1.08 bits per heavy atom. The number of benzene rings is 1. The van der Waals surface area contributed by atoms with E-state index in [0.29, 0.717) is 6.42 Å². The molecule has 1 aromatic rings. The van der Waals surface area contributed by atoms with Crippen molar-refractivity contribution in [1.29, 1.82) is 0 Å². The van der Waals surface area contributed by atoms with Gasteiger partial charge < -0.3 is 19.7 Å². The summed E-state index contributed by atoms with van der Waals surface area (Å²) in [5, 5.41) is 19.5. The number of aromatic hydroxyl groups is 2. The van der Waals surface area contributed by atoms with E-state index in [4.69, 9.17) is 9.47 Å². The summed E-state index contributed by atoms with van der Waals surface area (Å²) in [5.41, 5.74) is 0.176. The Bertz CT molecular complexity index is 664. The topological polar surface area (TPSA) is 96.4 Å². The Morgan fingerprint density at radius 3 is 2.56 bits per heavy atom. The number of carbonyl (C=O) groups is 2. The Labute approximate surface area is 147 Å². The Kier molecular flexibility index (Phi) is 6.58. The van der Waals surface area contributed by atoms with E-state index >= 15 is 0 Å². The molecule has 0 spiro atoms. The second kappa shape index (κ2) is 8.67. The molecule has 2 aliphatic rings. The monoisotopic (exact) mass is 348 g/mol. The molecule has 6 heteroatoms. The van der Waals surface area contributed by atoms with Crippen molar-refractivity contribution < 1.29 is 29.3 Å². The van der Waals surface area contributed by atoms with Gasteiger partial charge in [-0.1, -0.05) is 19.9 Å². The van der Waals surface area contributed by atoms with Gasteiger partial charge in [-0.25, -0.2) is 4.79 Å². The molecular formula is C19H24O6. The van der Waals surface area contributed by atoms with Gasteiger partial charge in [-0.3, -0.25) is 4.79 Å². The molecule has 2 N–H and O–H groups in total. The summed E-state index contributed by atoms with van der Waals surface area (Å²) in [6.07, 6.45) is 5.58. The van der Waals surface area contributed by atoms with Crippen LogP contribution in [-0.4, -0.2) is 40.8 Å². The van der Waals surface area contributed by atoms with E-state index in [1.807, 2.05) is 13.8 Å². The SMILES string of the molecule is CC.O=C1/C=C/CC[C@@H]2O[C@H]2CCOC(=O)c2c(O)cc(O)cc2C1. The largest absolute Gasteiger partial charge is 0.508 e. The highest BCUT2D eigenvalue weighted by Gasteiger charge is 2.37. The molecule has 25 heavy (non-hydrogen) atoms. The minimum Gasteiger partial charge on any atom is -0.508 e. The number of phenols is 2. The number of ketones is 1. The van der Waals surface area contributed by atoms with Gasteiger partial charge in [0.05, 0.1) is 18.8 Å². The zero-order valence-electron chi connectivity index (χ0n) is 14.5. The number of ether oxygens (including phenoxy) is 2. The number of rotatable bonds is 0. The van der Waals surface area contributed by atoms with Gasteiger partial charge in [0, 0.05) is 18.9 Å². The number of epoxide rings is 1. The van der Waals surface area contributed by atoms with Crippen molar-refractivity contribution in [2.24, 2.45) is 0 Å². The Balaban J connectivity index is 0.00000109. The Hall–Kier alpha value is -2.34. The molecule has 1 fully saturated rings. The van der Waals surface area contributed by atoms with Crippen molar-refractivity contribution in [3.8, 4) is 11.5 Å². The molecular weight excluding hydrogens is 324 g/mol. The summed E-state index contributed by atoms with van der Waals surface area (Å²) in [4.78, 5) is 24.2. The maximum atomic E-state index is 12.2. The van der Waals surface area contributed by atoms with Gasteiger partial charge >= 0.3 is 5.97 Å². The summed E-state index contributed by atoms with van der Waals surface area (Å²) in [7, 11) is 0. The van der Waals surface area contributed by atoms with Gasteiger partial charge in [-0.15, -0.1) is 0 Å². The van der Waals surface area contributed by atoms with Crippen LogP contribution in [0.2, 0.25) is 0 Å². The predicted molar refractivity (Wildman–Crippen MR) is 91.8 cm³/mol. The van der Waals surface area contributed by atoms with E-state index in [0.717, 1.165) is 18.9 Å².